The molecule has 1 aromatic rings. The summed E-state index contributed by atoms with van der Waals surface area (Å²) in [5, 5.41) is 6.59. The van der Waals surface area contributed by atoms with Crippen molar-refractivity contribution in [2.45, 2.75) is 18.8 Å². The van der Waals surface area contributed by atoms with Gasteiger partial charge in [0.15, 0.2) is 5.96 Å². The standard InChI is InChI=1S/C15H20BrN3.HI/c1-11(16)9-18-15(17-2)19-10-13-8-7-12-5-3-4-6-14(12)13;/h3-6,13H,1,7-10H2,2H3,(H2,17,18,19);1H. The van der Waals surface area contributed by atoms with Crippen LogP contribution in [0, 0.1) is 0 Å². The topological polar surface area (TPSA) is 36.4 Å². The molecule has 0 radical (unpaired) electrons. The van der Waals surface area contributed by atoms with Crippen LogP contribution in [0.3, 0.4) is 0 Å². The van der Waals surface area contributed by atoms with Crippen LogP contribution in [-0.2, 0) is 6.42 Å². The lowest BCUT2D eigenvalue weighted by atomic mass is 10.0. The zero-order chi connectivity index (χ0) is 13.7. The van der Waals surface area contributed by atoms with E-state index in [4.69, 9.17) is 0 Å². The SMILES string of the molecule is C=C(Br)CNC(=NC)NCC1CCc2ccccc21.I. The van der Waals surface area contributed by atoms with E-state index in [2.05, 4.69) is 62.4 Å². The van der Waals surface area contributed by atoms with Gasteiger partial charge in [-0.05, 0) is 24.0 Å². The van der Waals surface area contributed by atoms with Crippen LogP contribution in [0.4, 0.5) is 0 Å². The van der Waals surface area contributed by atoms with Gasteiger partial charge in [-0.3, -0.25) is 4.99 Å². The van der Waals surface area contributed by atoms with Crippen LogP contribution in [0.25, 0.3) is 0 Å². The molecule has 1 aliphatic rings. The Morgan fingerprint density at radius 2 is 2.15 bits per heavy atom. The fraction of sp³-hybridized carbons (Fsp3) is 0.400. The number of fused-ring (bicyclic) bond motifs is 1. The first-order chi connectivity index (χ1) is 9.20. The van der Waals surface area contributed by atoms with Crippen molar-refractivity contribution >= 4 is 45.9 Å². The van der Waals surface area contributed by atoms with Crippen molar-refractivity contribution in [1.29, 1.82) is 0 Å². The molecule has 0 fully saturated rings. The van der Waals surface area contributed by atoms with Crippen LogP contribution in [-0.4, -0.2) is 26.1 Å². The lowest BCUT2D eigenvalue weighted by Crippen LogP contribution is -2.39. The van der Waals surface area contributed by atoms with Gasteiger partial charge in [0.25, 0.3) is 0 Å². The summed E-state index contributed by atoms with van der Waals surface area (Å²) in [5.41, 5.74) is 2.97. The highest BCUT2D eigenvalue weighted by Crippen LogP contribution is 2.31. The van der Waals surface area contributed by atoms with E-state index in [9.17, 15) is 0 Å². The van der Waals surface area contributed by atoms with E-state index in [1.165, 1.54) is 24.0 Å². The molecule has 1 aliphatic carbocycles. The van der Waals surface area contributed by atoms with Gasteiger partial charge < -0.3 is 10.6 Å². The first-order valence-electron chi connectivity index (χ1n) is 6.56. The Hall–Kier alpha value is -0.560. The van der Waals surface area contributed by atoms with Crippen molar-refractivity contribution in [3.05, 3.63) is 46.5 Å². The molecule has 20 heavy (non-hydrogen) atoms. The number of nitrogens with zero attached hydrogens (tertiary/aromatic N) is 1. The van der Waals surface area contributed by atoms with E-state index in [1.807, 2.05) is 0 Å². The summed E-state index contributed by atoms with van der Waals surface area (Å²) in [5.74, 6) is 1.41. The van der Waals surface area contributed by atoms with Crippen molar-refractivity contribution in [3.63, 3.8) is 0 Å². The van der Waals surface area contributed by atoms with E-state index < -0.39 is 0 Å². The third kappa shape index (κ3) is 4.77. The van der Waals surface area contributed by atoms with Crippen LogP contribution >= 0.6 is 39.9 Å². The molecule has 110 valence electrons. The lowest BCUT2D eigenvalue weighted by Gasteiger charge is -2.16. The molecule has 2 rings (SSSR count). The van der Waals surface area contributed by atoms with E-state index >= 15 is 0 Å². The maximum absolute atomic E-state index is 4.21. The smallest absolute Gasteiger partial charge is 0.191 e. The van der Waals surface area contributed by atoms with Gasteiger partial charge in [-0.1, -0.05) is 46.8 Å². The van der Waals surface area contributed by atoms with Crippen LogP contribution in [0.1, 0.15) is 23.5 Å². The second kappa shape index (κ2) is 8.67. The second-order valence-corrected chi connectivity index (χ2v) is 5.88. The molecule has 0 saturated heterocycles. The number of rotatable bonds is 4. The van der Waals surface area contributed by atoms with E-state index in [1.54, 1.807) is 7.05 Å². The molecular weight excluding hydrogens is 429 g/mol. The van der Waals surface area contributed by atoms with E-state index in [0.717, 1.165) is 17.0 Å². The number of guanidine groups is 1. The molecule has 1 aromatic carbocycles. The number of aryl methyl sites for hydroxylation is 1. The molecule has 0 heterocycles. The Balaban J connectivity index is 0.00000200. The molecule has 0 aromatic heterocycles. The predicted octanol–water partition coefficient (Wildman–Crippen LogP) is 3.41. The number of benzene rings is 1. The number of hydrogen-bond donors (Lipinski definition) is 2. The summed E-state index contributed by atoms with van der Waals surface area (Å²) in [4.78, 5) is 4.21. The molecule has 1 atom stereocenters. The quantitative estimate of drug-likeness (QED) is 0.419. The molecule has 0 bridgehead atoms. The Morgan fingerprint density at radius 3 is 2.85 bits per heavy atom. The average Bonchev–Trinajstić information content (AvgIpc) is 2.82. The monoisotopic (exact) mass is 449 g/mol. The van der Waals surface area contributed by atoms with Crippen LogP contribution < -0.4 is 10.6 Å². The number of halogens is 2. The summed E-state index contributed by atoms with van der Waals surface area (Å²) in [6, 6.07) is 8.72. The summed E-state index contributed by atoms with van der Waals surface area (Å²) >= 11 is 3.33. The third-order valence-electron chi connectivity index (χ3n) is 3.44. The largest absolute Gasteiger partial charge is 0.356 e. The van der Waals surface area contributed by atoms with Crippen molar-refractivity contribution in [2.24, 2.45) is 4.99 Å². The van der Waals surface area contributed by atoms with Crippen LogP contribution in [0.2, 0.25) is 0 Å². The second-order valence-electron chi connectivity index (χ2n) is 4.76. The molecule has 2 N–H and O–H groups in total. The summed E-state index contributed by atoms with van der Waals surface area (Å²) in [7, 11) is 1.79. The molecule has 0 saturated carbocycles. The lowest BCUT2D eigenvalue weighted by molar-refractivity contribution is 0.644. The number of hydrogen-bond acceptors (Lipinski definition) is 1. The molecular formula is C15H21BrIN3. The van der Waals surface area contributed by atoms with Gasteiger partial charge in [0.1, 0.15) is 0 Å². The Morgan fingerprint density at radius 1 is 1.40 bits per heavy atom. The zero-order valence-corrected chi connectivity index (χ0v) is 15.6. The van der Waals surface area contributed by atoms with Crippen LogP contribution in [0.15, 0.2) is 40.3 Å². The van der Waals surface area contributed by atoms with Crippen molar-refractivity contribution in [1.82, 2.24) is 10.6 Å². The average molecular weight is 450 g/mol. The van der Waals surface area contributed by atoms with Gasteiger partial charge in [0.2, 0.25) is 0 Å². The van der Waals surface area contributed by atoms with Gasteiger partial charge in [-0.25, -0.2) is 0 Å². The van der Waals surface area contributed by atoms with Crippen molar-refractivity contribution < 1.29 is 0 Å². The molecule has 5 heteroatoms. The fourth-order valence-corrected chi connectivity index (χ4v) is 2.62. The minimum atomic E-state index is 0. The van der Waals surface area contributed by atoms with Crippen molar-refractivity contribution in [3.8, 4) is 0 Å². The Labute approximate surface area is 146 Å². The summed E-state index contributed by atoms with van der Waals surface area (Å²) < 4.78 is 0.918. The highest BCUT2D eigenvalue weighted by molar-refractivity contribution is 14.0. The van der Waals surface area contributed by atoms with Crippen molar-refractivity contribution in [2.75, 3.05) is 20.1 Å². The van der Waals surface area contributed by atoms with Gasteiger partial charge in [-0.15, -0.1) is 24.0 Å². The van der Waals surface area contributed by atoms with Gasteiger partial charge in [0.05, 0.1) is 0 Å². The summed E-state index contributed by atoms with van der Waals surface area (Å²) in [6.07, 6.45) is 2.40. The van der Waals surface area contributed by atoms with Gasteiger partial charge >= 0.3 is 0 Å². The number of nitrogens with one attached hydrogen (secondary N) is 2. The predicted molar refractivity (Wildman–Crippen MR) is 100 cm³/mol. The van der Waals surface area contributed by atoms with Gasteiger partial charge in [-0.2, -0.15) is 0 Å². The van der Waals surface area contributed by atoms with E-state index in [0.29, 0.717) is 12.5 Å². The zero-order valence-electron chi connectivity index (χ0n) is 11.7. The van der Waals surface area contributed by atoms with E-state index in [-0.39, 0.29) is 24.0 Å². The molecule has 0 amide bonds. The normalized spacial score (nSPS) is 17.1. The Bertz CT molecular complexity index is 488. The molecule has 0 aliphatic heterocycles. The first kappa shape index (κ1) is 17.5. The first-order valence-corrected chi connectivity index (χ1v) is 7.35. The minimum absolute atomic E-state index is 0. The Kier molecular flexibility index (Phi) is 7.58. The third-order valence-corrected chi connectivity index (χ3v) is 3.72. The maximum Gasteiger partial charge on any atom is 0.191 e. The number of aliphatic imine (C=N–C) groups is 1. The van der Waals surface area contributed by atoms with Crippen LogP contribution in [0.5, 0.6) is 0 Å². The molecule has 3 nitrogen and oxygen atoms in total. The fourth-order valence-electron chi connectivity index (χ4n) is 2.48. The summed E-state index contributed by atoms with van der Waals surface area (Å²) in [6.45, 7) is 5.40. The minimum Gasteiger partial charge on any atom is -0.356 e. The van der Waals surface area contributed by atoms with Gasteiger partial charge in [0, 0.05) is 30.5 Å². The maximum atomic E-state index is 4.21. The molecule has 1 unspecified atom stereocenters. The highest BCUT2D eigenvalue weighted by Gasteiger charge is 2.21. The molecule has 0 spiro atoms. The highest BCUT2D eigenvalue weighted by atomic mass is 127.